The highest BCUT2D eigenvalue weighted by atomic mass is 16.3. The standard InChI is InChI=1S/C27H31N3O3/c1-3-4-15-23-28-25(31)24(27(33)30(23)19(2)20-11-7-5-8-12-20)26(32)29-17-16-22(18-29)21-13-9-6-10-14-21/h5-14,19,22,31H,3-4,15-18H2,1-2H3/t19-,22+/m1/s1. The summed E-state index contributed by atoms with van der Waals surface area (Å²) in [6, 6.07) is 19.5. The molecule has 1 fully saturated rings. The minimum atomic E-state index is -0.474. The molecule has 1 aromatic heterocycles. The smallest absolute Gasteiger partial charge is 0.270 e. The summed E-state index contributed by atoms with van der Waals surface area (Å²) in [5.41, 5.74) is 1.43. The third-order valence-corrected chi connectivity index (χ3v) is 6.55. The number of nitrogens with zero attached hydrogens (tertiary/aromatic N) is 3. The average Bonchev–Trinajstić information content (AvgIpc) is 3.34. The number of carbonyl (C=O) groups is 1. The maximum atomic E-state index is 13.7. The highest BCUT2D eigenvalue weighted by Gasteiger charge is 2.33. The molecule has 0 bridgehead atoms. The first-order chi connectivity index (χ1) is 16.0. The lowest BCUT2D eigenvalue weighted by Gasteiger charge is -2.22. The molecule has 6 nitrogen and oxygen atoms in total. The van der Waals surface area contributed by atoms with Crippen LogP contribution in [0.25, 0.3) is 0 Å². The van der Waals surface area contributed by atoms with E-state index in [1.807, 2.05) is 55.5 Å². The average molecular weight is 446 g/mol. The number of aryl methyl sites for hydroxylation is 1. The van der Waals surface area contributed by atoms with Gasteiger partial charge in [-0.1, -0.05) is 74.0 Å². The zero-order valence-electron chi connectivity index (χ0n) is 19.3. The number of rotatable bonds is 7. The van der Waals surface area contributed by atoms with E-state index in [-0.39, 0.29) is 17.5 Å². The first-order valence-corrected chi connectivity index (χ1v) is 11.7. The van der Waals surface area contributed by atoms with E-state index in [9.17, 15) is 14.7 Å². The molecule has 1 saturated heterocycles. The van der Waals surface area contributed by atoms with Crippen LogP contribution in [-0.4, -0.2) is 38.6 Å². The Labute approximate surface area is 194 Å². The minimum Gasteiger partial charge on any atom is -0.493 e. The van der Waals surface area contributed by atoms with Gasteiger partial charge in [-0.25, -0.2) is 0 Å². The maximum Gasteiger partial charge on any atom is 0.270 e. The molecule has 1 N–H and O–H groups in total. The number of hydrogen-bond donors (Lipinski definition) is 1. The molecule has 0 unspecified atom stereocenters. The summed E-state index contributed by atoms with van der Waals surface area (Å²) in [5.74, 6) is -0.175. The highest BCUT2D eigenvalue weighted by molar-refractivity contribution is 5.96. The van der Waals surface area contributed by atoms with Gasteiger partial charge in [-0.2, -0.15) is 4.98 Å². The second kappa shape index (κ2) is 10.0. The van der Waals surface area contributed by atoms with Crippen LogP contribution in [0, 0.1) is 0 Å². The number of aromatic nitrogens is 2. The van der Waals surface area contributed by atoms with Gasteiger partial charge in [0.25, 0.3) is 11.5 Å². The summed E-state index contributed by atoms with van der Waals surface area (Å²) >= 11 is 0. The van der Waals surface area contributed by atoms with Gasteiger partial charge >= 0.3 is 0 Å². The van der Waals surface area contributed by atoms with Gasteiger partial charge in [0.2, 0.25) is 5.88 Å². The van der Waals surface area contributed by atoms with E-state index in [2.05, 4.69) is 24.0 Å². The first kappa shape index (κ1) is 22.8. The molecule has 2 heterocycles. The van der Waals surface area contributed by atoms with Crippen molar-refractivity contribution in [2.24, 2.45) is 0 Å². The van der Waals surface area contributed by atoms with Crippen LogP contribution in [0.5, 0.6) is 5.88 Å². The first-order valence-electron chi connectivity index (χ1n) is 11.7. The number of unbranched alkanes of at least 4 members (excludes halogenated alkanes) is 1. The molecule has 3 aromatic rings. The molecule has 1 aliphatic rings. The molecule has 0 spiro atoms. The lowest BCUT2D eigenvalue weighted by Crippen LogP contribution is -2.38. The zero-order chi connectivity index (χ0) is 23.4. The van der Waals surface area contributed by atoms with E-state index in [1.165, 1.54) is 5.56 Å². The van der Waals surface area contributed by atoms with Crippen molar-refractivity contribution in [3.8, 4) is 5.88 Å². The van der Waals surface area contributed by atoms with Crippen molar-refractivity contribution < 1.29 is 9.90 Å². The largest absolute Gasteiger partial charge is 0.493 e. The maximum absolute atomic E-state index is 13.7. The van der Waals surface area contributed by atoms with Crippen LogP contribution in [0.4, 0.5) is 0 Å². The van der Waals surface area contributed by atoms with Gasteiger partial charge in [0, 0.05) is 25.4 Å². The normalized spacial score (nSPS) is 16.7. The Balaban J connectivity index is 1.70. The molecule has 0 aliphatic carbocycles. The van der Waals surface area contributed by atoms with E-state index < -0.39 is 17.3 Å². The fraction of sp³-hybridized carbons (Fsp3) is 0.370. The summed E-state index contributed by atoms with van der Waals surface area (Å²) in [6.45, 7) is 5.06. The van der Waals surface area contributed by atoms with Crippen LogP contribution in [-0.2, 0) is 6.42 Å². The lowest BCUT2D eigenvalue weighted by atomic mass is 9.99. The van der Waals surface area contributed by atoms with Gasteiger partial charge in [0.1, 0.15) is 5.82 Å². The molecule has 1 amide bonds. The molecule has 6 heteroatoms. The Morgan fingerprint density at radius 2 is 1.79 bits per heavy atom. The summed E-state index contributed by atoms with van der Waals surface area (Å²) in [4.78, 5) is 33.1. The molecule has 4 rings (SSSR count). The molecular formula is C27H31N3O3. The molecule has 2 atom stereocenters. The van der Waals surface area contributed by atoms with Crippen LogP contribution in [0.1, 0.15) is 72.4 Å². The van der Waals surface area contributed by atoms with Gasteiger partial charge in [0.15, 0.2) is 5.56 Å². The quantitative estimate of drug-likeness (QED) is 0.580. The van der Waals surface area contributed by atoms with Gasteiger partial charge in [-0.3, -0.25) is 14.2 Å². The van der Waals surface area contributed by atoms with Gasteiger partial charge < -0.3 is 10.0 Å². The SMILES string of the molecule is CCCCc1nc(O)c(C(=O)N2CC[C@H](c3ccccc3)C2)c(=O)n1[C@H](C)c1ccccc1. The van der Waals surface area contributed by atoms with E-state index >= 15 is 0 Å². The minimum absolute atomic E-state index is 0.222. The van der Waals surface area contributed by atoms with E-state index in [4.69, 9.17) is 0 Å². The predicted octanol–water partition coefficient (Wildman–Crippen LogP) is 4.53. The number of amides is 1. The van der Waals surface area contributed by atoms with Crippen LogP contribution in [0.15, 0.2) is 65.5 Å². The topological polar surface area (TPSA) is 75.4 Å². The third-order valence-electron chi connectivity index (χ3n) is 6.55. The Morgan fingerprint density at radius 1 is 1.12 bits per heavy atom. The van der Waals surface area contributed by atoms with Crippen LogP contribution in [0.2, 0.25) is 0 Å². The zero-order valence-corrected chi connectivity index (χ0v) is 19.3. The van der Waals surface area contributed by atoms with Crippen molar-refractivity contribution in [1.82, 2.24) is 14.5 Å². The second-order valence-corrected chi connectivity index (χ2v) is 8.74. The third kappa shape index (κ3) is 4.70. The number of hydrogen-bond acceptors (Lipinski definition) is 4. The summed E-state index contributed by atoms with van der Waals surface area (Å²) in [5, 5.41) is 10.7. The van der Waals surface area contributed by atoms with Gasteiger partial charge in [-0.05, 0) is 30.9 Å². The van der Waals surface area contributed by atoms with Crippen molar-refractivity contribution in [3.63, 3.8) is 0 Å². The second-order valence-electron chi connectivity index (χ2n) is 8.74. The molecule has 33 heavy (non-hydrogen) atoms. The van der Waals surface area contributed by atoms with Crippen LogP contribution < -0.4 is 5.56 Å². The molecule has 0 saturated carbocycles. The Bertz CT molecular complexity index is 1160. The van der Waals surface area contributed by atoms with Crippen molar-refractivity contribution in [3.05, 3.63) is 93.5 Å². The summed E-state index contributed by atoms with van der Waals surface area (Å²) < 4.78 is 1.59. The van der Waals surface area contributed by atoms with Crippen molar-refractivity contribution in [2.75, 3.05) is 13.1 Å². The monoisotopic (exact) mass is 445 g/mol. The molecule has 1 aliphatic heterocycles. The van der Waals surface area contributed by atoms with Crippen LogP contribution in [0.3, 0.4) is 0 Å². The fourth-order valence-electron chi connectivity index (χ4n) is 4.64. The number of aromatic hydroxyl groups is 1. The van der Waals surface area contributed by atoms with Crippen molar-refractivity contribution >= 4 is 5.91 Å². The highest BCUT2D eigenvalue weighted by Crippen LogP contribution is 2.29. The van der Waals surface area contributed by atoms with E-state index in [0.717, 1.165) is 24.8 Å². The molecule has 2 aromatic carbocycles. The fourth-order valence-corrected chi connectivity index (χ4v) is 4.64. The van der Waals surface area contributed by atoms with Crippen molar-refractivity contribution in [1.29, 1.82) is 0 Å². The van der Waals surface area contributed by atoms with Crippen molar-refractivity contribution in [2.45, 2.75) is 51.5 Å². The Morgan fingerprint density at radius 3 is 2.45 bits per heavy atom. The number of benzene rings is 2. The Kier molecular flexibility index (Phi) is 6.92. The Hall–Kier alpha value is -3.41. The molecule has 172 valence electrons. The molecular weight excluding hydrogens is 414 g/mol. The lowest BCUT2D eigenvalue weighted by molar-refractivity contribution is 0.0783. The predicted molar refractivity (Wildman–Crippen MR) is 129 cm³/mol. The van der Waals surface area contributed by atoms with E-state index in [0.29, 0.717) is 25.3 Å². The molecule has 0 radical (unpaired) electrons. The summed E-state index contributed by atoms with van der Waals surface area (Å²) in [7, 11) is 0. The van der Waals surface area contributed by atoms with Crippen LogP contribution >= 0.6 is 0 Å². The van der Waals surface area contributed by atoms with Gasteiger partial charge in [0.05, 0.1) is 6.04 Å². The number of likely N-dealkylation sites (tertiary alicyclic amines) is 1. The van der Waals surface area contributed by atoms with E-state index in [1.54, 1.807) is 9.47 Å². The van der Waals surface area contributed by atoms with Gasteiger partial charge in [-0.15, -0.1) is 0 Å². The number of carbonyl (C=O) groups excluding carboxylic acids is 1. The summed E-state index contributed by atoms with van der Waals surface area (Å²) in [6.07, 6.45) is 3.16.